The van der Waals surface area contributed by atoms with Gasteiger partial charge in [0, 0.05) is 17.8 Å². The zero-order valence-electron chi connectivity index (χ0n) is 20.9. The highest BCUT2D eigenvalue weighted by Crippen LogP contribution is 2.36. The van der Waals surface area contributed by atoms with Crippen LogP contribution in [0.15, 0.2) is 22.7 Å². The Morgan fingerprint density at radius 1 is 1.26 bits per heavy atom. The lowest BCUT2D eigenvalue weighted by molar-refractivity contribution is 0.108. The third-order valence-electron chi connectivity index (χ3n) is 6.34. The van der Waals surface area contributed by atoms with Gasteiger partial charge in [-0.2, -0.15) is 0 Å². The van der Waals surface area contributed by atoms with Gasteiger partial charge < -0.3 is 24.4 Å². The zero-order chi connectivity index (χ0) is 25.1. The molecule has 188 valence electrons. The monoisotopic (exact) mass is 500 g/mol. The molecule has 1 fully saturated rings. The largest absolute Gasteiger partial charge is 0.491 e. The Morgan fingerprint density at radius 2 is 2.06 bits per heavy atom. The molecule has 0 spiro atoms. The lowest BCUT2D eigenvalue weighted by atomic mass is 9.95. The van der Waals surface area contributed by atoms with Gasteiger partial charge in [0.2, 0.25) is 0 Å². The van der Waals surface area contributed by atoms with E-state index in [-0.39, 0.29) is 12.7 Å². The molecular weight excluding hydrogens is 468 g/mol. The molecule has 0 radical (unpaired) electrons. The summed E-state index contributed by atoms with van der Waals surface area (Å²) in [6.07, 6.45) is 1.42. The molecule has 3 heterocycles. The number of aliphatic hydroxyl groups excluding tert-OH is 1. The quantitative estimate of drug-likeness (QED) is 0.448. The fourth-order valence-electron chi connectivity index (χ4n) is 4.52. The third-order valence-corrected chi connectivity index (χ3v) is 6.67. The average Bonchev–Trinajstić information content (AvgIpc) is 3.39. The number of nitrogens with one attached hydrogen (secondary N) is 1. The predicted octanol–water partition coefficient (Wildman–Crippen LogP) is 4.30. The van der Waals surface area contributed by atoms with Crippen LogP contribution in [0.4, 0.5) is 0 Å². The molecular formula is C26H33ClN4O4. The van der Waals surface area contributed by atoms with Crippen molar-refractivity contribution >= 4 is 11.6 Å². The number of hydrogen-bond donors (Lipinski definition) is 2. The van der Waals surface area contributed by atoms with Crippen LogP contribution in [0.1, 0.15) is 36.1 Å². The summed E-state index contributed by atoms with van der Waals surface area (Å²) in [7, 11) is 1.78. The first-order chi connectivity index (χ1) is 16.8. The number of rotatable bonds is 9. The molecule has 0 bridgehead atoms. The normalized spacial score (nSPS) is 18.7. The Balaban J connectivity index is 1.76. The first-order valence-corrected chi connectivity index (χ1v) is 12.3. The number of hydrogen-bond acceptors (Lipinski definition) is 8. The van der Waals surface area contributed by atoms with Crippen LogP contribution in [0.5, 0.6) is 5.75 Å². The number of ether oxygens (including phenoxy) is 2. The molecule has 3 atom stereocenters. The molecule has 3 aromatic rings. The van der Waals surface area contributed by atoms with Crippen molar-refractivity contribution in [3.8, 4) is 28.4 Å². The van der Waals surface area contributed by atoms with Crippen molar-refractivity contribution in [3.63, 3.8) is 0 Å². The third kappa shape index (κ3) is 5.83. The number of benzene rings is 1. The van der Waals surface area contributed by atoms with E-state index in [4.69, 9.17) is 35.6 Å². The number of aryl methyl sites for hydroxylation is 2. The van der Waals surface area contributed by atoms with E-state index in [1.807, 2.05) is 26.8 Å². The molecule has 8 nitrogen and oxygen atoms in total. The molecule has 0 saturated carbocycles. The number of halogens is 1. The standard InChI is InChI=1S/C26H33ClN4O4/c1-14-8-18(12-33-14)9-23-15(2)25(24-16(3)31-35-17(24)4)30-26(29-23)21-10-20(6-7-22(21)27)34-13-19(32)11-28-5/h6-7,10,14,18-19,28,32H,8-9,11-13H2,1-5H3/t14-,18+,19-/m1/s1. The predicted molar refractivity (Wildman–Crippen MR) is 135 cm³/mol. The Bertz CT molecular complexity index is 1160. The van der Waals surface area contributed by atoms with Gasteiger partial charge in [-0.15, -0.1) is 0 Å². The minimum absolute atomic E-state index is 0.159. The van der Waals surface area contributed by atoms with E-state index in [0.717, 1.165) is 47.7 Å². The Kier molecular flexibility index (Phi) is 8.06. The van der Waals surface area contributed by atoms with Gasteiger partial charge in [0.05, 0.1) is 34.7 Å². The molecule has 0 unspecified atom stereocenters. The van der Waals surface area contributed by atoms with Gasteiger partial charge in [-0.05, 0) is 77.3 Å². The lowest BCUT2D eigenvalue weighted by Crippen LogP contribution is -2.29. The maximum atomic E-state index is 10.0. The minimum atomic E-state index is -0.622. The van der Waals surface area contributed by atoms with Crippen LogP contribution in [0.25, 0.3) is 22.6 Å². The second kappa shape index (κ2) is 11.0. The molecule has 1 aliphatic rings. The molecule has 4 rings (SSSR count). The van der Waals surface area contributed by atoms with E-state index >= 15 is 0 Å². The van der Waals surface area contributed by atoms with E-state index in [1.54, 1.807) is 19.2 Å². The van der Waals surface area contributed by atoms with Gasteiger partial charge >= 0.3 is 0 Å². The highest BCUT2D eigenvalue weighted by molar-refractivity contribution is 6.33. The van der Waals surface area contributed by atoms with Gasteiger partial charge in [0.15, 0.2) is 5.82 Å². The zero-order valence-corrected chi connectivity index (χ0v) is 21.6. The summed E-state index contributed by atoms with van der Waals surface area (Å²) in [6.45, 7) is 9.27. The Morgan fingerprint density at radius 3 is 2.71 bits per heavy atom. The molecule has 0 amide bonds. The molecule has 1 aromatic carbocycles. The second-order valence-corrected chi connectivity index (χ2v) is 9.69. The summed E-state index contributed by atoms with van der Waals surface area (Å²) in [5.41, 5.74) is 5.07. The van der Waals surface area contributed by atoms with E-state index in [1.165, 1.54) is 0 Å². The van der Waals surface area contributed by atoms with Crippen molar-refractivity contribution in [3.05, 3.63) is 45.9 Å². The maximum Gasteiger partial charge on any atom is 0.161 e. The van der Waals surface area contributed by atoms with Crippen molar-refractivity contribution in [1.82, 2.24) is 20.4 Å². The van der Waals surface area contributed by atoms with Crippen molar-refractivity contribution in [2.75, 3.05) is 26.8 Å². The number of aromatic nitrogens is 3. The molecule has 1 saturated heterocycles. The topological polar surface area (TPSA) is 103 Å². The SMILES string of the molecule is CNC[C@@H](O)COc1ccc(Cl)c(-c2nc(C[C@H]3CO[C@H](C)C3)c(C)c(-c3c(C)noc3C)n2)c1. The van der Waals surface area contributed by atoms with Crippen LogP contribution in [0.3, 0.4) is 0 Å². The summed E-state index contributed by atoms with van der Waals surface area (Å²) in [5, 5.41) is 17.6. The lowest BCUT2D eigenvalue weighted by Gasteiger charge is -2.16. The van der Waals surface area contributed by atoms with Crippen LogP contribution < -0.4 is 10.1 Å². The molecule has 0 aliphatic carbocycles. The second-order valence-electron chi connectivity index (χ2n) is 9.28. The summed E-state index contributed by atoms with van der Waals surface area (Å²) in [5.74, 6) is 2.20. The van der Waals surface area contributed by atoms with E-state index < -0.39 is 6.10 Å². The van der Waals surface area contributed by atoms with Gasteiger partial charge in [0.1, 0.15) is 24.2 Å². The average molecular weight is 501 g/mol. The van der Waals surface area contributed by atoms with Gasteiger partial charge in [0.25, 0.3) is 0 Å². The fourth-order valence-corrected chi connectivity index (χ4v) is 4.72. The number of likely N-dealkylation sites (N-methyl/N-ethyl adjacent to an activating group) is 1. The highest BCUT2D eigenvalue weighted by Gasteiger charge is 2.26. The van der Waals surface area contributed by atoms with Crippen LogP contribution in [-0.4, -0.2) is 59.2 Å². The smallest absolute Gasteiger partial charge is 0.161 e. The molecule has 35 heavy (non-hydrogen) atoms. The Hall–Kier alpha value is -2.52. The number of aliphatic hydroxyl groups is 1. The first kappa shape index (κ1) is 25.6. The summed E-state index contributed by atoms with van der Waals surface area (Å²) in [6, 6.07) is 5.36. The summed E-state index contributed by atoms with van der Waals surface area (Å²) < 4.78 is 17.1. The molecule has 2 N–H and O–H groups in total. The van der Waals surface area contributed by atoms with Crippen molar-refractivity contribution in [2.24, 2.45) is 5.92 Å². The first-order valence-electron chi connectivity index (χ1n) is 11.9. The maximum absolute atomic E-state index is 10.0. The van der Waals surface area contributed by atoms with Crippen LogP contribution in [-0.2, 0) is 11.2 Å². The van der Waals surface area contributed by atoms with Gasteiger partial charge in [-0.3, -0.25) is 0 Å². The fraction of sp³-hybridized carbons (Fsp3) is 0.500. The van der Waals surface area contributed by atoms with E-state index in [2.05, 4.69) is 17.4 Å². The van der Waals surface area contributed by atoms with Crippen molar-refractivity contribution < 1.29 is 19.1 Å². The van der Waals surface area contributed by atoms with E-state index in [0.29, 0.717) is 40.4 Å². The summed E-state index contributed by atoms with van der Waals surface area (Å²) >= 11 is 6.62. The van der Waals surface area contributed by atoms with Crippen LogP contribution in [0.2, 0.25) is 5.02 Å². The summed E-state index contributed by atoms with van der Waals surface area (Å²) in [4.78, 5) is 9.91. The van der Waals surface area contributed by atoms with Gasteiger partial charge in [-0.25, -0.2) is 9.97 Å². The van der Waals surface area contributed by atoms with Crippen molar-refractivity contribution in [1.29, 1.82) is 0 Å². The number of nitrogens with zero attached hydrogens (tertiary/aromatic N) is 3. The van der Waals surface area contributed by atoms with Crippen LogP contribution in [0, 0.1) is 26.7 Å². The van der Waals surface area contributed by atoms with Gasteiger partial charge in [-0.1, -0.05) is 16.8 Å². The molecule has 1 aliphatic heterocycles. The minimum Gasteiger partial charge on any atom is -0.491 e. The van der Waals surface area contributed by atoms with E-state index in [9.17, 15) is 5.11 Å². The van der Waals surface area contributed by atoms with Crippen molar-refractivity contribution in [2.45, 2.75) is 52.7 Å². The Labute approximate surface area is 211 Å². The molecule has 2 aromatic heterocycles. The highest BCUT2D eigenvalue weighted by atomic mass is 35.5. The molecule has 9 heteroatoms. The van der Waals surface area contributed by atoms with Crippen LogP contribution >= 0.6 is 11.6 Å².